The molecular weight excluding hydrogens is 245 g/mol. The van der Waals surface area contributed by atoms with Gasteiger partial charge in [0.2, 0.25) is 0 Å². The summed E-state index contributed by atoms with van der Waals surface area (Å²) in [5.74, 6) is 0. The summed E-state index contributed by atoms with van der Waals surface area (Å²) < 4.78 is 1.04. The van der Waals surface area contributed by atoms with Gasteiger partial charge in [0.05, 0.1) is 4.43 Å². The largest absolute Gasteiger partial charge is 0.249 e. The molecule has 0 fully saturated rings. The van der Waals surface area contributed by atoms with Gasteiger partial charge in [-0.05, 0) is 6.42 Å². The highest BCUT2D eigenvalue weighted by Gasteiger charge is 1.95. The van der Waals surface area contributed by atoms with Crippen molar-refractivity contribution in [1.82, 2.24) is 4.98 Å². The molecule has 0 aliphatic carbocycles. The van der Waals surface area contributed by atoms with Gasteiger partial charge >= 0.3 is 0 Å². The Morgan fingerprint density at radius 3 is 2.89 bits per heavy atom. The number of alkyl halides is 1. The Labute approximate surface area is 72.6 Å². The molecule has 0 N–H and O–H groups in total. The van der Waals surface area contributed by atoms with Gasteiger partial charge in [-0.3, -0.25) is 0 Å². The van der Waals surface area contributed by atoms with Gasteiger partial charge < -0.3 is 0 Å². The highest BCUT2D eigenvalue weighted by molar-refractivity contribution is 14.1. The van der Waals surface area contributed by atoms with E-state index < -0.39 is 0 Å². The third-order valence-corrected chi connectivity index (χ3v) is 3.45. The number of hydrogen-bond acceptors (Lipinski definition) is 2. The first-order valence-corrected chi connectivity index (χ1v) is 5.20. The summed E-state index contributed by atoms with van der Waals surface area (Å²) in [5.41, 5.74) is 0. The molecular formula is C6H8INS. The number of hydrogen-bond donors (Lipinski definition) is 0. The number of aromatic nitrogens is 1. The minimum absolute atomic E-state index is 1.04. The minimum atomic E-state index is 1.04. The second-order valence-corrected chi connectivity index (χ2v) is 3.67. The molecule has 1 heterocycles. The lowest BCUT2D eigenvalue weighted by atomic mass is 10.4. The van der Waals surface area contributed by atoms with E-state index in [1.54, 1.807) is 0 Å². The van der Waals surface area contributed by atoms with Crippen LogP contribution in [-0.2, 0) is 10.8 Å². The fraction of sp³-hybridized carbons (Fsp3) is 0.500. The standard InChI is InChI=1S/C6H8INS/c1-2-5-4-8-6(3-7)9-5/h4H,2-3H2,1H3. The van der Waals surface area contributed by atoms with Crippen molar-refractivity contribution in [1.29, 1.82) is 0 Å². The van der Waals surface area contributed by atoms with Crippen LogP contribution in [0.2, 0.25) is 0 Å². The van der Waals surface area contributed by atoms with Crippen molar-refractivity contribution in [2.24, 2.45) is 0 Å². The SMILES string of the molecule is CCc1cnc(CI)s1. The summed E-state index contributed by atoms with van der Waals surface area (Å²) in [7, 11) is 0. The van der Waals surface area contributed by atoms with Gasteiger partial charge in [-0.1, -0.05) is 29.5 Å². The fourth-order valence-corrected chi connectivity index (χ4v) is 1.95. The second-order valence-electron chi connectivity index (χ2n) is 1.71. The third-order valence-electron chi connectivity index (χ3n) is 1.06. The summed E-state index contributed by atoms with van der Waals surface area (Å²) in [6.45, 7) is 2.16. The van der Waals surface area contributed by atoms with Crippen LogP contribution in [0.3, 0.4) is 0 Å². The van der Waals surface area contributed by atoms with Crippen LogP contribution in [-0.4, -0.2) is 4.98 Å². The average Bonchev–Trinajstić information content (AvgIpc) is 2.34. The minimum Gasteiger partial charge on any atom is -0.249 e. The Morgan fingerprint density at radius 2 is 2.56 bits per heavy atom. The molecule has 0 amide bonds. The van der Waals surface area contributed by atoms with Crippen molar-refractivity contribution in [3.05, 3.63) is 16.1 Å². The van der Waals surface area contributed by atoms with Gasteiger partial charge in [0.1, 0.15) is 5.01 Å². The van der Waals surface area contributed by atoms with Gasteiger partial charge in [0.25, 0.3) is 0 Å². The highest BCUT2D eigenvalue weighted by atomic mass is 127. The van der Waals surface area contributed by atoms with Crippen molar-refractivity contribution in [3.63, 3.8) is 0 Å². The molecule has 0 radical (unpaired) electrons. The summed E-state index contributed by atoms with van der Waals surface area (Å²) in [6, 6.07) is 0. The Bertz CT molecular complexity index is 166. The molecule has 0 aliphatic rings. The van der Waals surface area contributed by atoms with Gasteiger partial charge in [0.15, 0.2) is 0 Å². The van der Waals surface area contributed by atoms with E-state index in [1.165, 1.54) is 9.88 Å². The topological polar surface area (TPSA) is 12.9 Å². The average molecular weight is 253 g/mol. The monoisotopic (exact) mass is 253 g/mol. The Balaban J connectivity index is 2.74. The molecule has 0 atom stereocenters. The van der Waals surface area contributed by atoms with E-state index in [-0.39, 0.29) is 0 Å². The zero-order valence-electron chi connectivity index (χ0n) is 5.22. The summed E-state index contributed by atoms with van der Waals surface area (Å²) in [4.78, 5) is 5.61. The van der Waals surface area contributed by atoms with Crippen molar-refractivity contribution >= 4 is 33.9 Å². The van der Waals surface area contributed by atoms with E-state index in [1.807, 2.05) is 17.5 Å². The van der Waals surface area contributed by atoms with Crippen LogP contribution >= 0.6 is 33.9 Å². The fourth-order valence-electron chi connectivity index (χ4n) is 0.573. The van der Waals surface area contributed by atoms with Crippen LogP contribution in [0.1, 0.15) is 16.8 Å². The maximum absolute atomic E-state index is 4.22. The van der Waals surface area contributed by atoms with Gasteiger partial charge in [0, 0.05) is 11.1 Å². The lowest BCUT2D eigenvalue weighted by Crippen LogP contribution is -1.66. The molecule has 1 nitrogen and oxygen atoms in total. The number of aryl methyl sites for hydroxylation is 1. The number of thiazole rings is 1. The normalized spacial score (nSPS) is 10.0. The molecule has 0 saturated heterocycles. The van der Waals surface area contributed by atoms with E-state index in [2.05, 4.69) is 34.5 Å². The predicted octanol–water partition coefficient (Wildman–Crippen LogP) is 2.64. The zero-order valence-corrected chi connectivity index (χ0v) is 8.20. The number of rotatable bonds is 2. The van der Waals surface area contributed by atoms with Crippen molar-refractivity contribution < 1.29 is 0 Å². The molecule has 0 spiro atoms. The Hall–Kier alpha value is 0.360. The molecule has 50 valence electrons. The first kappa shape index (κ1) is 7.47. The van der Waals surface area contributed by atoms with E-state index in [0.29, 0.717) is 0 Å². The quantitative estimate of drug-likeness (QED) is 0.583. The molecule has 1 aromatic heterocycles. The lowest BCUT2D eigenvalue weighted by molar-refractivity contribution is 1.16. The maximum atomic E-state index is 4.22. The Morgan fingerprint density at radius 1 is 1.78 bits per heavy atom. The molecule has 0 saturated carbocycles. The number of nitrogens with zero attached hydrogens (tertiary/aromatic N) is 1. The summed E-state index contributed by atoms with van der Waals surface area (Å²) in [5, 5.41) is 1.24. The summed E-state index contributed by atoms with van der Waals surface area (Å²) in [6.07, 6.45) is 3.09. The van der Waals surface area contributed by atoms with Gasteiger partial charge in [-0.2, -0.15) is 0 Å². The summed E-state index contributed by atoms with van der Waals surface area (Å²) >= 11 is 4.15. The number of halogens is 1. The van der Waals surface area contributed by atoms with Crippen LogP contribution < -0.4 is 0 Å². The van der Waals surface area contributed by atoms with E-state index >= 15 is 0 Å². The molecule has 0 bridgehead atoms. The van der Waals surface area contributed by atoms with Crippen LogP contribution in [0.5, 0.6) is 0 Å². The van der Waals surface area contributed by atoms with E-state index in [9.17, 15) is 0 Å². The first-order chi connectivity index (χ1) is 4.36. The van der Waals surface area contributed by atoms with Gasteiger partial charge in [-0.15, -0.1) is 11.3 Å². The second kappa shape index (κ2) is 3.51. The molecule has 9 heavy (non-hydrogen) atoms. The first-order valence-electron chi connectivity index (χ1n) is 2.86. The third kappa shape index (κ3) is 1.89. The van der Waals surface area contributed by atoms with Crippen LogP contribution in [0.15, 0.2) is 6.20 Å². The molecule has 0 aliphatic heterocycles. The van der Waals surface area contributed by atoms with E-state index in [4.69, 9.17) is 0 Å². The maximum Gasteiger partial charge on any atom is 0.102 e. The van der Waals surface area contributed by atoms with Crippen LogP contribution in [0.25, 0.3) is 0 Å². The molecule has 0 unspecified atom stereocenters. The van der Waals surface area contributed by atoms with Crippen molar-refractivity contribution in [2.75, 3.05) is 0 Å². The molecule has 1 rings (SSSR count). The zero-order chi connectivity index (χ0) is 6.69. The van der Waals surface area contributed by atoms with Crippen LogP contribution in [0, 0.1) is 0 Å². The van der Waals surface area contributed by atoms with Crippen molar-refractivity contribution in [2.45, 2.75) is 17.8 Å². The van der Waals surface area contributed by atoms with Crippen molar-refractivity contribution in [3.8, 4) is 0 Å². The predicted molar refractivity (Wildman–Crippen MR) is 49.2 cm³/mol. The lowest BCUT2D eigenvalue weighted by Gasteiger charge is -1.80. The molecule has 0 aromatic carbocycles. The highest BCUT2D eigenvalue weighted by Crippen LogP contribution is 2.15. The molecule has 1 aromatic rings. The van der Waals surface area contributed by atoms with E-state index in [0.717, 1.165) is 10.8 Å². The van der Waals surface area contributed by atoms with Gasteiger partial charge in [-0.25, -0.2) is 4.98 Å². The smallest absolute Gasteiger partial charge is 0.102 e. The Kier molecular flexibility index (Phi) is 2.91. The van der Waals surface area contributed by atoms with Crippen LogP contribution in [0.4, 0.5) is 0 Å². The molecule has 3 heteroatoms.